The predicted octanol–water partition coefficient (Wildman–Crippen LogP) is 3.54. The van der Waals surface area contributed by atoms with E-state index in [1.807, 2.05) is 19.1 Å². The maximum absolute atomic E-state index is 12.2. The summed E-state index contributed by atoms with van der Waals surface area (Å²) in [6.45, 7) is 11.3. The Morgan fingerprint density at radius 1 is 1.05 bits per heavy atom. The van der Waals surface area contributed by atoms with E-state index >= 15 is 0 Å². The van der Waals surface area contributed by atoms with Crippen LogP contribution in [0, 0.1) is 6.92 Å². The van der Waals surface area contributed by atoms with Gasteiger partial charge in [0.05, 0.1) is 4.90 Å². The van der Waals surface area contributed by atoms with Gasteiger partial charge in [-0.05, 0) is 57.5 Å². The number of rotatable bonds is 7. The van der Waals surface area contributed by atoms with Crippen LogP contribution in [0.2, 0.25) is 0 Å². The van der Waals surface area contributed by atoms with Gasteiger partial charge < -0.3 is 0 Å². The van der Waals surface area contributed by atoms with Crippen LogP contribution in [0.1, 0.15) is 33.3 Å². The second-order valence-corrected chi connectivity index (χ2v) is 9.56. The van der Waals surface area contributed by atoms with Gasteiger partial charge in [-0.3, -0.25) is 4.90 Å². The van der Waals surface area contributed by atoms with E-state index in [4.69, 9.17) is 0 Å². The van der Waals surface area contributed by atoms with Gasteiger partial charge >= 0.3 is 0 Å². The van der Waals surface area contributed by atoms with Gasteiger partial charge in [0.1, 0.15) is 0 Å². The molecule has 0 unspecified atom stereocenters. The van der Waals surface area contributed by atoms with Crippen LogP contribution in [0.15, 0.2) is 29.2 Å². The Labute approximate surface area is 127 Å². The Kier molecular flexibility index (Phi) is 6.55. The summed E-state index contributed by atoms with van der Waals surface area (Å²) in [6.07, 6.45) is 0. The molecule has 0 fully saturated rings. The van der Waals surface area contributed by atoms with Crippen molar-refractivity contribution in [1.29, 1.82) is 0 Å². The van der Waals surface area contributed by atoms with Gasteiger partial charge in [-0.15, -0.1) is 0 Å². The Morgan fingerprint density at radius 2 is 1.55 bits per heavy atom. The molecule has 5 heteroatoms. The molecule has 0 aliphatic rings. The van der Waals surface area contributed by atoms with Crippen LogP contribution in [0.4, 0.5) is 0 Å². The summed E-state index contributed by atoms with van der Waals surface area (Å²) in [5, 5.41) is 0. The molecule has 0 saturated heterocycles. The smallest absolute Gasteiger partial charge is 0.230 e. The fourth-order valence-electron chi connectivity index (χ4n) is 2.14. The van der Waals surface area contributed by atoms with Crippen molar-refractivity contribution in [2.45, 2.75) is 51.6 Å². The number of hydrogen-bond donors (Lipinski definition) is 0. The van der Waals surface area contributed by atoms with Crippen molar-refractivity contribution in [3.63, 3.8) is 0 Å². The Hall–Kier alpha value is -0.520. The lowest BCUT2D eigenvalue weighted by Crippen LogP contribution is -2.38. The number of nitrogens with zero attached hydrogens (tertiary/aromatic N) is 1. The van der Waals surface area contributed by atoms with E-state index in [0.717, 1.165) is 22.9 Å². The van der Waals surface area contributed by atoms with Gasteiger partial charge in [0.25, 0.3) is 0 Å². The first-order chi connectivity index (χ1) is 9.24. The number of aryl methyl sites for hydroxylation is 1. The highest BCUT2D eigenvalue weighted by atomic mass is 33.1. The molecule has 114 valence electrons. The molecule has 0 N–H and O–H groups in total. The largest absolute Gasteiger partial charge is 0.298 e. The van der Waals surface area contributed by atoms with Crippen LogP contribution >= 0.6 is 10.8 Å². The van der Waals surface area contributed by atoms with E-state index < -0.39 is 8.87 Å². The summed E-state index contributed by atoms with van der Waals surface area (Å²) in [7, 11) is -2.20. The first-order valence-electron chi connectivity index (χ1n) is 6.96. The summed E-state index contributed by atoms with van der Waals surface area (Å²) in [5.74, 6) is 0.590. The molecule has 0 bridgehead atoms. The van der Waals surface area contributed by atoms with Gasteiger partial charge in [-0.25, -0.2) is 8.42 Å². The predicted molar refractivity (Wildman–Crippen MR) is 87.8 cm³/mol. The van der Waals surface area contributed by atoms with Gasteiger partial charge in [0.2, 0.25) is 8.87 Å². The lowest BCUT2D eigenvalue weighted by molar-refractivity contribution is 0.187. The fraction of sp³-hybridized carbons (Fsp3) is 0.600. The molecule has 1 aromatic rings. The maximum Gasteiger partial charge on any atom is 0.230 e. The van der Waals surface area contributed by atoms with E-state index in [1.54, 1.807) is 12.1 Å². The highest BCUT2D eigenvalue weighted by Crippen LogP contribution is 2.24. The van der Waals surface area contributed by atoms with Crippen LogP contribution in [-0.4, -0.2) is 37.7 Å². The summed E-state index contributed by atoms with van der Waals surface area (Å²) in [5.41, 5.74) is 1.07. The van der Waals surface area contributed by atoms with Crippen molar-refractivity contribution in [3.05, 3.63) is 29.8 Å². The van der Waals surface area contributed by atoms with Crippen molar-refractivity contribution < 1.29 is 8.42 Å². The number of benzene rings is 1. The van der Waals surface area contributed by atoms with Gasteiger partial charge in [-0.2, -0.15) is 0 Å². The first kappa shape index (κ1) is 17.5. The summed E-state index contributed by atoms with van der Waals surface area (Å²) in [6, 6.07) is 7.89. The molecule has 0 saturated carbocycles. The lowest BCUT2D eigenvalue weighted by Gasteiger charge is -2.30. The quantitative estimate of drug-likeness (QED) is 0.721. The van der Waals surface area contributed by atoms with Crippen LogP contribution in [0.25, 0.3) is 0 Å². The fourth-order valence-corrected chi connectivity index (χ4v) is 4.87. The molecule has 0 heterocycles. The molecular formula is C15H25NO2S2. The average Bonchev–Trinajstić information content (AvgIpc) is 2.34. The van der Waals surface area contributed by atoms with Crippen LogP contribution in [0.5, 0.6) is 0 Å². The molecule has 0 radical (unpaired) electrons. The summed E-state index contributed by atoms with van der Waals surface area (Å²) >= 11 is 0. The highest BCUT2D eigenvalue weighted by molar-refractivity contribution is 8.72. The van der Waals surface area contributed by atoms with E-state index in [-0.39, 0.29) is 0 Å². The zero-order valence-electron chi connectivity index (χ0n) is 13.0. The minimum absolute atomic E-state index is 0.397. The molecule has 20 heavy (non-hydrogen) atoms. The van der Waals surface area contributed by atoms with Crippen molar-refractivity contribution in [1.82, 2.24) is 4.90 Å². The van der Waals surface area contributed by atoms with Crippen LogP contribution < -0.4 is 0 Å². The molecular weight excluding hydrogens is 290 g/mol. The molecule has 0 aliphatic carbocycles. The molecule has 0 amide bonds. The maximum atomic E-state index is 12.2. The van der Waals surface area contributed by atoms with E-state index in [0.29, 0.717) is 22.7 Å². The molecule has 0 atom stereocenters. The molecule has 0 aliphatic heterocycles. The molecule has 1 aromatic carbocycles. The third-order valence-electron chi connectivity index (χ3n) is 3.22. The molecule has 0 aromatic heterocycles. The Balaban J connectivity index is 2.62. The van der Waals surface area contributed by atoms with E-state index in [1.165, 1.54) is 0 Å². The third-order valence-corrected chi connectivity index (χ3v) is 6.74. The van der Waals surface area contributed by atoms with Crippen molar-refractivity contribution >= 4 is 19.7 Å². The monoisotopic (exact) mass is 315 g/mol. The van der Waals surface area contributed by atoms with Gasteiger partial charge in [-0.1, -0.05) is 17.7 Å². The average molecular weight is 316 g/mol. The Morgan fingerprint density at radius 3 is 2.00 bits per heavy atom. The summed E-state index contributed by atoms with van der Waals surface area (Å²) in [4.78, 5) is 2.70. The minimum Gasteiger partial charge on any atom is -0.298 e. The van der Waals surface area contributed by atoms with E-state index in [9.17, 15) is 8.42 Å². The Bertz CT molecular complexity index is 499. The summed E-state index contributed by atoms with van der Waals surface area (Å²) < 4.78 is 24.4. The molecule has 3 nitrogen and oxygen atoms in total. The zero-order valence-corrected chi connectivity index (χ0v) is 14.6. The third kappa shape index (κ3) is 5.11. The van der Waals surface area contributed by atoms with Crippen molar-refractivity contribution in [2.75, 3.05) is 12.3 Å². The lowest BCUT2D eigenvalue weighted by atomic mass is 10.2. The van der Waals surface area contributed by atoms with Crippen molar-refractivity contribution in [3.8, 4) is 0 Å². The first-order valence-corrected chi connectivity index (χ1v) is 9.94. The molecule has 1 rings (SSSR count). The second kappa shape index (κ2) is 7.48. The van der Waals surface area contributed by atoms with Crippen LogP contribution in [0.3, 0.4) is 0 Å². The van der Waals surface area contributed by atoms with Gasteiger partial charge in [0, 0.05) is 24.4 Å². The van der Waals surface area contributed by atoms with Gasteiger partial charge in [0.15, 0.2) is 0 Å². The zero-order chi connectivity index (χ0) is 15.3. The normalized spacial score (nSPS) is 12.6. The van der Waals surface area contributed by atoms with Crippen LogP contribution in [-0.2, 0) is 8.87 Å². The highest BCUT2D eigenvalue weighted by Gasteiger charge is 2.18. The number of hydrogen-bond acceptors (Lipinski definition) is 4. The SMILES string of the molecule is Cc1ccc(S(=O)(=O)SCCN(C(C)C)C(C)C)cc1. The minimum atomic E-state index is -3.23. The van der Waals surface area contributed by atoms with Crippen molar-refractivity contribution in [2.24, 2.45) is 0 Å². The van der Waals surface area contributed by atoms with E-state index in [2.05, 4.69) is 32.6 Å². The second-order valence-electron chi connectivity index (χ2n) is 5.51. The topological polar surface area (TPSA) is 37.4 Å². The molecule has 0 spiro atoms. The standard InChI is InChI=1S/C15H25NO2S2/c1-12(2)16(13(3)4)10-11-19-20(17,18)15-8-6-14(5)7-9-15/h6-9,12-13H,10-11H2,1-5H3.